The van der Waals surface area contributed by atoms with E-state index < -0.39 is 10.2 Å². The van der Waals surface area contributed by atoms with Crippen LogP contribution in [-0.2, 0) is 10.2 Å². The Morgan fingerprint density at radius 1 is 1.04 bits per heavy atom. The van der Waals surface area contributed by atoms with Crippen LogP contribution < -0.4 is 13.9 Å². The molecule has 1 heterocycles. The Kier molecular flexibility index (Phi) is 4.48. The summed E-state index contributed by atoms with van der Waals surface area (Å²) in [7, 11) is -1.78. The number of para-hydroxylation sites is 2. The number of anilines is 3. The summed E-state index contributed by atoms with van der Waals surface area (Å²) in [6.07, 6.45) is 0.735. The lowest BCUT2D eigenvalue weighted by Gasteiger charge is -2.21. The summed E-state index contributed by atoms with van der Waals surface area (Å²) >= 11 is 5.92. The molecule has 2 aromatic rings. The SMILES string of the molecule is CNCCCN1c2ccccc2N(c2ccc(Cl)cc2)S1(=O)=O. The molecule has 0 fully saturated rings. The standard InChI is InChI=1S/C16H18ClN3O2S/c1-18-11-4-12-19-15-5-2-3-6-16(15)20(23(19,21)22)14-9-7-13(17)8-10-14/h2-3,5-10,18H,4,11-12H2,1H3. The van der Waals surface area contributed by atoms with Gasteiger partial charge < -0.3 is 5.32 Å². The van der Waals surface area contributed by atoms with Crippen molar-refractivity contribution in [1.82, 2.24) is 5.32 Å². The van der Waals surface area contributed by atoms with Crippen LogP contribution in [0.5, 0.6) is 0 Å². The van der Waals surface area contributed by atoms with Gasteiger partial charge in [0.2, 0.25) is 0 Å². The number of nitrogens with one attached hydrogen (secondary N) is 1. The molecule has 1 aliphatic heterocycles. The number of halogens is 1. The van der Waals surface area contributed by atoms with E-state index in [9.17, 15) is 8.42 Å². The minimum absolute atomic E-state index is 0.435. The molecule has 0 unspecified atom stereocenters. The Bertz CT molecular complexity index is 793. The topological polar surface area (TPSA) is 52.6 Å². The zero-order chi connectivity index (χ0) is 16.4. The highest BCUT2D eigenvalue weighted by Gasteiger charge is 2.40. The molecule has 3 rings (SSSR count). The fourth-order valence-corrected chi connectivity index (χ4v) is 4.55. The highest BCUT2D eigenvalue weighted by Crippen LogP contribution is 2.45. The summed E-state index contributed by atoms with van der Waals surface area (Å²) in [6, 6.07) is 14.2. The molecule has 1 N–H and O–H groups in total. The fraction of sp³-hybridized carbons (Fsp3) is 0.250. The zero-order valence-electron chi connectivity index (χ0n) is 12.7. The lowest BCUT2D eigenvalue weighted by atomic mass is 10.2. The molecule has 0 spiro atoms. The molecule has 0 aromatic heterocycles. The van der Waals surface area contributed by atoms with Gasteiger partial charge in [0.25, 0.3) is 0 Å². The van der Waals surface area contributed by atoms with Crippen molar-refractivity contribution in [3.63, 3.8) is 0 Å². The third kappa shape index (κ3) is 2.89. The van der Waals surface area contributed by atoms with Crippen LogP contribution in [0.1, 0.15) is 6.42 Å². The second kappa shape index (κ2) is 6.39. The van der Waals surface area contributed by atoms with E-state index >= 15 is 0 Å². The van der Waals surface area contributed by atoms with Gasteiger partial charge in [0.1, 0.15) is 0 Å². The van der Waals surface area contributed by atoms with Crippen LogP contribution in [0.4, 0.5) is 17.1 Å². The highest BCUT2D eigenvalue weighted by atomic mass is 35.5. The summed E-state index contributed by atoms with van der Waals surface area (Å²) < 4.78 is 28.9. The van der Waals surface area contributed by atoms with Crippen LogP contribution in [0, 0.1) is 0 Å². The molecule has 23 heavy (non-hydrogen) atoms. The van der Waals surface area contributed by atoms with Gasteiger partial charge in [-0.15, -0.1) is 0 Å². The lowest BCUT2D eigenvalue weighted by molar-refractivity contribution is 0.591. The normalized spacial score (nSPS) is 15.7. The molecule has 0 atom stereocenters. The molecule has 5 nitrogen and oxygen atoms in total. The molecule has 7 heteroatoms. The largest absolute Gasteiger partial charge is 0.330 e. The maximum atomic E-state index is 13.0. The maximum Gasteiger partial charge on any atom is 0.330 e. The third-order valence-corrected chi connectivity index (χ3v) is 5.78. The first kappa shape index (κ1) is 16.1. The average molecular weight is 352 g/mol. The van der Waals surface area contributed by atoms with E-state index in [2.05, 4.69) is 5.32 Å². The number of nitrogens with zero attached hydrogens (tertiary/aromatic N) is 2. The van der Waals surface area contributed by atoms with Gasteiger partial charge in [-0.1, -0.05) is 23.7 Å². The Morgan fingerprint density at radius 3 is 2.35 bits per heavy atom. The number of benzene rings is 2. The van der Waals surface area contributed by atoms with E-state index in [0.29, 0.717) is 28.6 Å². The molecule has 0 bridgehead atoms. The number of hydrogen-bond acceptors (Lipinski definition) is 3. The number of hydrogen-bond donors (Lipinski definition) is 1. The van der Waals surface area contributed by atoms with Crippen molar-refractivity contribution in [1.29, 1.82) is 0 Å². The van der Waals surface area contributed by atoms with Crippen molar-refractivity contribution in [3.8, 4) is 0 Å². The zero-order valence-corrected chi connectivity index (χ0v) is 14.3. The predicted octanol–water partition coefficient (Wildman–Crippen LogP) is 3.15. The summed E-state index contributed by atoms with van der Waals surface area (Å²) in [6.45, 7) is 1.19. The third-order valence-electron chi connectivity index (χ3n) is 3.73. The van der Waals surface area contributed by atoms with Gasteiger partial charge >= 0.3 is 10.2 Å². The van der Waals surface area contributed by atoms with E-state index in [1.165, 1.54) is 8.61 Å². The van der Waals surface area contributed by atoms with E-state index in [1.54, 1.807) is 24.3 Å². The lowest BCUT2D eigenvalue weighted by Crippen LogP contribution is -2.36. The first-order valence-electron chi connectivity index (χ1n) is 7.38. The molecule has 0 radical (unpaired) electrons. The molecule has 1 aliphatic rings. The van der Waals surface area contributed by atoms with Gasteiger partial charge in [-0.25, -0.2) is 4.31 Å². The quantitative estimate of drug-likeness (QED) is 0.842. The Labute approximate surface area is 141 Å². The van der Waals surface area contributed by atoms with E-state index in [-0.39, 0.29) is 0 Å². The van der Waals surface area contributed by atoms with E-state index in [0.717, 1.165) is 13.0 Å². The van der Waals surface area contributed by atoms with Crippen molar-refractivity contribution in [2.75, 3.05) is 28.7 Å². The van der Waals surface area contributed by atoms with Gasteiger partial charge in [0.05, 0.1) is 17.1 Å². The molecular weight excluding hydrogens is 334 g/mol. The first-order valence-corrected chi connectivity index (χ1v) is 9.15. The van der Waals surface area contributed by atoms with Gasteiger partial charge in [0, 0.05) is 11.6 Å². The number of fused-ring (bicyclic) bond motifs is 1. The summed E-state index contributed by atoms with van der Waals surface area (Å²) in [5.74, 6) is 0. The second-order valence-corrected chi connectivity index (χ2v) is 7.40. The van der Waals surface area contributed by atoms with Gasteiger partial charge in [-0.3, -0.25) is 4.31 Å². The highest BCUT2D eigenvalue weighted by molar-refractivity contribution is 7.95. The molecule has 0 saturated carbocycles. The van der Waals surface area contributed by atoms with Crippen LogP contribution in [0.15, 0.2) is 48.5 Å². The summed E-state index contributed by atoms with van der Waals surface area (Å²) in [5, 5.41) is 3.62. The molecule has 2 aromatic carbocycles. The average Bonchev–Trinajstić information content (AvgIpc) is 2.76. The maximum absolute atomic E-state index is 13.0. The second-order valence-electron chi connectivity index (χ2n) is 5.27. The predicted molar refractivity (Wildman–Crippen MR) is 94.8 cm³/mol. The van der Waals surface area contributed by atoms with Crippen LogP contribution in [0.3, 0.4) is 0 Å². The van der Waals surface area contributed by atoms with E-state index in [1.807, 2.05) is 31.3 Å². The van der Waals surface area contributed by atoms with Crippen LogP contribution >= 0.6 is 11.6 Å². The van der Waals surface area contributed by atoms with Gasteiger partial charge in [-0.05, 0) is 56.4 Å². The van der Waals surface area contributed by atoms with Crippen molar-refractivity contribution in [3.05, 3.63) is 53.6 Å². The van der Waals surface area contributed by atoms with Gasteiger partial charge in [0.15, 0.2) is 0 Å². The molecule has 0 saturated heterocycles. The summed E-state index contributed by atoms with van der Waals surface area (Å²) in [5.41, 5.74) is 1.95. The monoisotopic (exact) mass is 351 g/mol. The van der Waals surface area contributed by atoms with Crippen LogP contribution in [-0.4, -0.2) is 28.6 Å². The Hall–Kier alpha value is -1.76. The molecule has 0 amide bonds. The Balaban J connectivity index is 2.05. The van der Waals surface area contributed by atoms with Crippen LogP contribution in [0.2, 0.25) is 5.02 Å². The fourth-order valence-electron chi connectivity index (χ4n) is 2.68. The van der Waals surface area contributed by atoms with Gasteiger partial charge in [-0.2, -0.15) is 8.42 Å². The molecular formula is C16H18ClN3O2S. The van der Waals surface area contributed by atoms with Crippen molar-refractivity contribution >= 4 is 38.9 Å². The Morgan fingerprint density at radius 2 is 1.70 bits per heavy atom. The first-order chi connectivity index (χ1) is 11.1. The van der Waals surface area contributed by atoms with Crippen molar-refractivity contribution < 1.29 is 8.42 Å². The minimum atomic E-state index is -3.64. The molecule has 0 aliphatic carbocycles. The van der Waals surface area contributed by atoms with Crippen molar-refractivity contribution in [2.24, 2.45) is 0 Å². The minimum Gasteiger partial charge on any atom is -0.320 e. The van der Waals surface area contributed by atoms with Crippen molar-refractivity contribution in [2.45, 2.75) is 6.42 Å². The summed E-state index contributed by atoms with van der Waals surface area (Å²) in [4.78, 5) is 0. The van der Waals surface area contributed by atoms with Crippen LogP contribution in [0.25, 0.3) is 0 Å². The number of rotatable bonds is 5. The van der Waals surface area contributed by atoms with E-state index in [4.69, 9.17) is 11.6 Å². The molecule has 122 valence electrons. The smallest absolute Gasteiger partial charge is 0.320 e.